The summed E-state index contributed by atoms with van der Waals surface area (Å²) in [6, 6.07) is 4.08. The fraction of sp³-hybridized carbons (Fsp3) is 0.385. The molecule has 0 spiro atoms. The minimum Gasteiger partial charge on any atom is -0.308 e. The van der Waals surface area contributed by atoms with Gasteiger partial charge in [0.05, 0.1) is 11.3 Å². The fourth-order valence-corrected chi connectivity index (χ4v) is 2.70. The maximum Gasteiger partial charge on any atom is 0.100 e. The molecular formula is C13H16N4S. The number of hydrogen-bond donors (Lipinski definition) is 1. The molecule has 0 aliphatic heterocycles. The van der Waals surface area contributed by atoms with Crippen molar-refractivity contribution in [3.05, 3.63) is 38.8 Å². The molecule has 2 heterocycles. The molecule has 5 heteroatoms. The second-order valence-corrected chi connectivity index (χ2v) is 5.29. The molecule has 2 aromatic heterocycles. The zero-order valence-electron chi connectivity index (χ0n) is 10.8. The molecule has 0 amide bonds. The van der Waals surface area contributed by atoms with Crippen molar-refractivity contribution < 1.29 is 0 Å². The first-order valence-electron chi connectivity index (χ1n) is 5.79. The molecule has 0 bridgehead atoms. The van der Waals surface area contributed by atoms with E-state index in [1.807, 2.05) is 30.1 Å². The number of thiophene rings is 1. The predicted molar refractivity (Wildman–Crippen MR) is 72.3 cm³/mol. The van der Waals surface area contributed by atoms with Gasteiger partial charge in [-0.1, -0.05) is 0 Å². The summed E-state index contributed by atoms with van der Waals surface area (Å²) < 4.78 is 1.91. The van der Waals surface area contributed by atoms with Gasteiger partial charge in [0, 0.05) is 41.7 Å². The van der Waals surface area contributed by atoms with Crippen LogP contribution in [0.4, 0.5) is 0 Å². The molecule has 0 unspecified atom stereocenters. The summed E-state index contributed by atoms with van der Waals surface area (Å²) in [5.74, 6) is 0. The maximum atomic E-state index is 8.76. The van der Waals surface area contributed by atoms with Crippen molar-refractivity contribution in [1.29, 1.82) is 5.26 Å². The molecule has 18 heavy (non-hydrogen) atoms. The Hall–Kier alpha value is -1.64. The van der Waals surface area contributed by atoms with Crippen LogP contribution in [0.3, 0.4) is 0 Å². The molecule has 1 N–H and O–H groups in total. The van der Waals surface area contributed by atoms with E-state index < -0.39 is 0 Å². The molecule has 0 aliphatic carbocycles. The van der Waals surface area contributed by atoms with E-state index in [4.69, 9.17) is 5.26 Å². The quantitative estimate of drug-likeness (QED) is 0.917. The second-order valence-electron chi connectivity index (χ2n) is 4.29. The third-order valence-electron chi connectivity index (χ3n) is 3.04. The lowest BCUT2D eigenvalue weighted by Crippen LogP contribution is -2.13. The molecule has 0 saturated carbocycles. The molecule has 0 aromatic carbocycles. The van der Waals surface area contributed by atoms with Gasteiger partial charge in [0.1, 0.15) is 6.07 Å². The Kier molecular flexibility index (Phi) is 3.80. The molecule has 0 atom stereocenters. The molecule has 0 saturated heterocycles. The largest absolute Gasteiger partial charge is 0.308 e. The summed E-state index contributed by atoms with van der Waals surface area (Å²) in [5.41, 5.74) is 4.27. The lowest BCUT2D eigenvalue weighted by atomic mass is 10.2. The number of rotatable bonds is 4. The molecule has 4 nitrogen and oxygen atoms in total. The highest BCUT2D eigenvalue weighted by molar-refractivity contribution is 7.10. The average molecular weight is 260 g/mol. The van der Waals surface area contributed by atoms with E-state index in [1.165, 1.54) is 16.1 Å². The highest BCUT2D eigenvalue weighted by Crippen LogP contribution is 2.15. The van der Waals surface area contributed by atoms with E-state index in [0.29, 0.717) is 0 Å². The summed E-state index contributed by atoms with van der Waals surface area (Å²) in [6.45, 7) is 5.71. The molecule has 2 aromatic rings. The molecule has 0 radical (unpaired) electrons. The van der Waals surface area contributed by atoms with Gasteiger partial charge >= 0.3 is 0 Å². The number of nitriles is 1. The third kappa shape index (κ3) is 2.61. The Morgan fingerprint density at radius 2 is 2.22 bits per heavy atom. The van der Waals surface area contributed by atoms with Crippen LogP contribution in [0.5, 0.6) is 0 Å². The SMILES string of the molecule is Cc1nn(C)c(C)c1CNCc1cc(C#N)cs1. The van der Waals surface area contributed by atoms with Crippen LogP contribution in [0.1, 0.15) is 27.4 Å². The van der Waals surface area contributed by atoms with Crippen LogP contribution < -0.4 is 5.32 Å². The van der Waals surface area contributed by atoms with Gasteiger partial charge in [-0.3, -0.25) is 4.68 Å². The number of nitrogens with one attached hydrogen (secondary N) is 1. The van der Waals surface area contributed by atoms with E-state index in [9.17, 15) is 0 Å². The minimum atomic E-state index is 0.741. The van der Waals surface area contributed by atoms with E-state index >= 15 is 0 Å². The van der Waals surface area contributed by atoms with Crippen LogP contribution >= 0.6 is 11.3 Å². The van der Waals surface area contributed by atoms with Crippen LogP contribution in [0, 0.1) is 25.2 Å². The summed E-state index contributed by atoms with van der Waals surface area (Å²) in [7, 11) is 1.96. The standard InChI is InChI=1S/C13H16N4S/c1-9-13(10(2)17(3)16-9)7-15-6-12-4-11(5-14)8-18-12/h4,8,15H,6-7H2,1-3H3. The Morgan fingerprint density at radius 1 is 1.44 bits per heavy atom. The summed E-state index contributed by atoms with van der Waals surface area (Å²) in [5, 5.41) is 18.4. The van der Waals surface area contributed by atoms with E-state index in [2.05, 4.69) is 23.4 Å². The van der Waals surface area contributed by atoms with Gasteiger partial charge in [0.25, 0.3) is 0 Å². The molecule has 0 aliphatic rings. The van der Waals surface area contributed by atoms with Gasteiger partial charge in [0.2, 0.25) is 0 Å². The van der Waals surface area contributed by atoms with Gasteiger partial charge < -0.3 is 5.32 Å². The van der Waals surface area contributed by atoms with Gasteiger partial charge in [-0.15, -0.1) is 11.3 Å². The van der Waals surface area contributed by atoms with Gasteiger partial charge in [-0.2, -0.15) is 10.4 Å². The van der Waals surface area contributed by atoms with Crippen molar-refractivity contribution >= 4 is 11.3 Å². The Labute approximate surface area is 111 Å². The van der Waals surface area contributed by atoms with E-state index in [-0.39, 0.29) is 0 Å². The highest BCUT2D eigenvalue weighted by atomic mass is 32.1. The molecule has 0 fully saturated rings. The predicted octanol–water partition coefficient (Wildman–Crippen LogP) is 2.26. The van der Waals surface area contributed by atoms with Gasteiger partial charge in [-0.05, 0) is 19.9 Å². The zero-order chi connectivity index (χ0) is 13.1. The van der Waals surface area contributed by atoms with Crippen molar-refractivity contribution in [2.75, 3.05) is 0 Å². The first kappa shape index (κ1) is 12.8. The van der Waals surface area contributed by atoms with Gasteiger partial charge in [-0.25, -0.2) is 0 Å². The van der Waals surface area contributed by atoms with Crippen LogP contribution in [-0.4, -0.2) is 9.78 Å². The first-order valence-corrected chi connectivity index (χ1v) is 6.67. The summed E-state index contributed by atoms with van der Waals surface area (Å²) >= 11 is 1.62. The summed E-state index contributed by atoms with van der Waals surface area (Å²) in [6.07, 6.45) is 0. The normalized spacial score (nSPS) is 10.6. The van der Waals surface area contributed by atoms with Crippen molar-refractivity contribution in [3.63, 3.8) is 0 Å². The number of nitrogens with zero attached hydrogens (tertiary/aromatic N) is 3. The first-order chi connectivity index (χ1) is 8.61. The van der Waals surface area contributed by atoms with Crippen molar-refractivity contribution in [2.24, 2.45) is 7.05 Å². The number of aromatic nitrogens is 2. The smallest absolute Gasteiger partial charge is 0.100 e. The number of aryl methyl sites for hydroxylation is 2. The maximum absolute atomic E-state index is 8.76. The van der Waals surface area contributed by atoms with Crippen LogP contribution in [0.25, 0.3) is 0 Å². The lowest BCUT2D eigenvalue weighted by Gasteiger charge is -2.03. The van der Waals surface area contributed by atoms with Crippen molar-refractivity contribution in [3.8, 4) is 6.07 Å². The van der Waals surface area contributed by atoms with Crippen LogP contribution in [-0.2, 0) is 20.1 Å². The van der Waals surface area contributed by atoms with E-state index in [1.54, 1.807) is 11.3 Å². The van der Waals surface area contributed by atoms with Crippen molar-refractivity contribution in [2.45, 2.75) is 26.9 Å². The fourth-order valence-electron chi connectivity index (χ4n) is 1.92. The van der Waals surface area contributed by atoms with E-state index in [0.717, 1.165) is 24.3 Å². The molecule has 94 valence electrons. The third-order valence-corrected chi connectivity index (χ3v) is 3.98. The topological polar surface area (TPSA) is 53.6 Å². The molecule has 2 rings (SSSR count). The van der Waals surface area contributed by atoms with Crippen LogP contribution in [0.15, 0.2) is 11.4 Å². The second kappa shape index (κ2) is 5.34. The monoisotopic (exact) mass is 260 g/mol. The highest BCUT2D eigenvalue weighted by Gasteiger charge is 2.08. The van der Waals surface area contributed by atoms with Crippen LogP contribution in [0.2, 0.25) is 0 Å². The minimum absolute atomic E-state index is 0.741. The zero-order valence-corrected chi connectivity index (χ0v) is 11.6. The Balaban J connectivity index is 1.94. The van der Waals surface area contributed by atoms with Crippen molar-refractivity contribution in [1.82, 2.24) is 15.1 Å². The molecular weight excluding hydrogens is 244 g/mol. The average Bonchev–Trinajstić information content (AvgIpc) is 2.89. The number of hydrogen-bond acceptors (Lipinski definition) is 4. The lowest BCUT2D eigenvalue weighted by molar-refractivity contribution is 0.690. The van der Waals surface area contributed by atoms with Gasteiger partial charge in [0.15, 0.2) is 0 Å². The summed E-state index contributed by atoms with van der Waals surface area (Å²) in [4.78, 5) is 1.19. The Bertz CT molecular complexity index is 589. The Morgan fingerprint density at radius 3 is 2.78 bits per heavy atom.